The minimum absolute atomic E-state index is 0.673. The standard InChI is InChI=1S/C20H22O2/c1-5-7-20(16-8-10-17(11-9-16)22-6-2)19-13-12-18(21-4)14-15(19)3/h5,7-14H,1,6H2,2-4H3. The van der Waals surface area contributed by atoms with Crippen molar-refractivity contribution in [3.8, 4) is 11.5 Å². The highest BCUT2D eigenvalue weighted by atomic mass is 16.5. The first-order chi connectivity index (χ1) is 10.7. The van der Waals surface area contributed by atoms with Gasteiger partial charge < -0.3 is 9.47 Å². The van der Waals surface area contributed by atoms with Crippen LogP contribution in [0.15, 0.2) is 61.2 Å². The molecule has 0 aliphatic rings. The van der Waals surface area contributed by atoms with Crippen LogP contribution in [0.2, 0.25) is 0 Å². The molecule has 0 saturated carbocycles. The Kier molecular flexibility index (Phi) is 5.42. The molecule has 22 heavy (non-hydrogen) atoms. The van der Waals surface area contributed by atoms with Crippen molar-refractivity contribution in [3.63, 3.8) is 0 Å². The van der Waals surface area contributed by atoms with E-state index in [9.17, 15) is 0 Å². The van der Waals surface area contributed by atoms with Crippen LogP contribution in [-0.4, -0.2) is 13.7 Å². The van der Waals surface area contributed by atoms with Crippen molar-refractivity contribution in [3.05, 3.63) is 77.9 Å². The summed E-state index contributed by atoms with van der Waals surface area (Å²) in [4.78, 5) is 0. The first-order valence-electron chi connectivity index (χ1n) is 7.40. The van der Waals surface area contributed by atoms with Gasteiger partial charge in [-0.1, -0.05) is 36.9 Å². The summed E-state index contributed by atoms with van der Waals surface area (Å²) in [6.07, 6.45) is 3.85. The number of aryl methyl sites for hydroxylation is 1. The average molecular weight is 294 g/mol. The van der Waals surface area contributed by atoms with Crippen LogP contribution < -0.4 is 9.47 Å². The Labute approximate surface area is 132 Å². The van der Waals surface area contributed by atoms with Gasteiger partial charge in [-0.3, -0.25) is 0 Å². The molecule has 0 bridgehead atoms. The molecule has 114 valence electrons. The van der Waals surface area contributed by atoms with Gasteiger partial charge in [0.2, 0.25) is 0 Å². The summed E-state index contributed by atoms with van der Waals surface area (Å²) in [6, 6.07) is 14.2. The number of methoxy groups -OCH3 is 1. The van der Waals surface area contributed by atoms with E-state index in [1.807, 2.05) is 43.3 Å². The van der Waals surface area contributed by atoms with Gasteiger partial charge in [-0.05, 0) is 60.4 Å². The summed E-state index contributed by atoms with van der Waals surface area (Å²) in [5.41, 5.74) is 4.61. The van der Waals surface area contributed by atoms with Crippen molar-refractivity contribution in [2.75, 3.05) is 13.7 Å². The lowest BCUT2D eigenvalue weighted by Crippen LogP contribution is -1.94. The van der Waals surface area contributed by atoms with Gasteiger partial charge in [-0.15, -0.1) is 0 Å². The van der Waals surface area contributed by atoms with E-state index in [4.69, 9.17) is 9.47 Å². The summed E-state index contributed by atoms with van der Waals surface area (Å²) < 4.78 is 10.8. The van der Waals surface area contributed by atoms with Gasteiger partial charge in [0.1, 0.15) is 11.5 Å². The summed E-state index contributed by atoms with van der Waals surface area (Å²) in [6.45, 7) is 8.58. The molecule has 0 fully saturated rings. The van der Waals surface area contributed by atoms with Gasteiger partial charge in [0.15, 0.2) is 0 Å². The molecular formula is C20H22O2. The predicted molar refractivity (Wildman–Crippen MR) is 92.6 cm³/mol. The Morgan fingerprint density at radius 2 is 1.77 bits per heavy atom. The van der Waals surface area contributed by atoms with E-state index in [0.29, 0.717) is 6.61 Å². The molecule has 0 saturated heterocycles. The first kappa shape index (κ1) is 15.9. The Hall–Kier alpha value is -2.48. The minimum Gasteiger partial charge on any atom is -0.497 e. The molecule has 0 unspecified atom stereocenters. The Balaban J connectivity index is 2.42. The Morgan fingerprint density at radius 3 is 2.32 bits per heavy atom. The maximum Gasteiger partial charge on any atom is 0.119 e. The van der Waals surface area contributed by atoms with E-state index in [0.717, 1.165) is 22.6 Å². The second kappa shape index (κ2) is 7.51. The topological polar surface area (TPSA) is 18.5 Å². The van der Waals surface area contributed by atoms with Crippen LogP contribution in [0.25, 0.3) is 5.57 Å². The van der Waals surface area contributed by atoms with E-state index in [1.165, 1.54) is 11.1 Å². The first-order valence-corrected chi connectivity index (χ1v) is 7.40. The summed E-state index contributed by atoms with van der Waals surface area (Å²) in [7, 11) is 1.68. The van der Waals surface area contributed by atoms with Crippen LogP contribution in [0.3, 0.4) is 0 Å². The molecule has 0 aliphatic heterocycles. The highest BCUT2D eigenvalue weighted by Crippen LogP contribution is 2.29. The molecule has 0 atom stereocenters. The van der Waals surface area contributed by atoms with Crippen molar-refractivity contribution in [2.24, 2.45) is 0 Å². The molecule has 0 aromatic heterocycles. The molecule has 2 nitrogen and oxygen atoms in total. The lowest BCUT2D eigenvalue weighted by Gasteiger charge is -2.13. The zero-order valence-corrected chi connectivity index (χ0v) is 13.4. The molecule has 0 N–H and O–H groups in total. The van der Waals surface area contributed by atoms with Gasteiger partial charge in [0.25, 0.3) is 0 Å². The third-order valence-corrected chi connectivity index (χ3v) is 3.48. The van der Waals surface area contributed by atoms with Crippen LogP contribution in [-0.2, 0) is 0 Å². The number of allylic oxidation sites excluding steroid dienone is 2. The van der Waals surface area contributed by atoms with E-state index >= 15 is 0 Å². The lowest BCUT2D eigenvalue weighted by atomic mass is 9.94. The normalized spacial score (nSPS) is 11.1. The highest BCUT2D eigenvalue weighted by Gasteiger charge is 2.08. The molecule has 0 heterocycles. The van der Waals surface area contributed by atoms with Crippen LogP contribution in [0.5, 0.6) is 11.5 Å². The van der Waals surface area contributed by atoms with E-state index in [1.54, 1.807) is 7.11 Å². The number of rotatable bonds is 6. The molecule has 0 spiro atoms. The molecule has 0 amide bonds. The fourth-order valence-electron chi connectivity index (χ4n) is 2.42. The SMILES string of the molecule is C=CC=C(c1ccc(OCC)cc1)c1ccc(OC)cc1C. The molecule has 2 aromatic rings. The van der Waals surface area contributed by atoms with Gasteiger partial charge in [-0.25, -0.2) is 0 Å². The van der Waals surface area contributed by atoms with Gasteiger partial charge in [-0.2, -0.15) is 0 Å². The fourth-order valence-corrected chi connectivity index (χ4v) is 2.42. The monoisotopic (exact) mass is 294 g/mol. The van der Waals surface area contributed by atoms with E-state index in [2.05, 4.69) is 31.7 Å². The number of benzene rings is 2. The maximum atomic E-state index is 5.50. The van der Waals surface area contributed by atoms with Gasteiger partial charge in [0.05, 0.1) is 13.7 Å². The number of ether oxygens (including phenoxy) is 2. The van der Waals surface area contributed by atoms with Crippen LogP contribution in [0.4, 0.5) is 0 Å². The van der Waals surface area contributed by atoms with E-state index in [-0.39, 0.29) is 0 Å². The second-order valence-corrected chi connectivity index (χ2v) is 4.95. The van der Waals surface area contributed by atoms with Crippen molar-refractivity contribution in [1.82, 2.24) is 0 Å². The molecule has 0 radical (unpaired) electrons. The lowest BCUT2D eigenvalue weighted by molar-refractivity contribution is 0.340. The van der Waals surface area contributed by atoms with Crippen LogP contribution in [0, 0.1) is 6.92 Å². The van der Waals surface area contributed by atoms with Crippen molar-refractivity contribution >= 4 is 5.57 Å². The number of hydrogen-bond donors (Lipinski definition) is 0. The summed E-state index contributed by atoms with van der Waals surface area (Å²) >= 11 is 0. The van der Waals surface area contributed by atoms with Crippen molar-refractivity contribution < 1.29 is 9.47 Å². The zero-order valence-electron chi connectivity index (χ0n) is 13.4. The third-order valence-electron chi connectivity index (χ3n) is 3.48. The molecule has 2 rings (SSSR count). The van der Waals surface area contributed by atoms with Crippen molar-refractivity contribution in [2.45, 2.75) is 13.8 Å². The van der Waals surface area contributed by atoms with Gasteiger partial charge in [0, 0.05) is 0 Å². The largest absolute Gasteiger partial charge is 0.497 e. The summed E-state index contributed by atoms with van der Waals surface area (Å²) in [5, 5.41) is 0. The quantitative estimate of drug-likeness (QED) is 0.696. The maximum absolute atomic E-state index is 5.50. The smallest absolute Gasteiger partial charge is 0.119 e. The van der Waals surface area contributed by atoms with Crippen molar-refractivity contribution in [1.29, 1.82) is 0 Å². The molecule has 2 aromatic carbocycles. The third kappa shape index (κ3) is 3.59. The average Bonchev–Trinajstić information content (AvgIpc) is 2.54. The predicted octanol–water partition coefficient (Wildman–Crippen LogP) is 5.02. The van der Waals surface area contributed by atoms with Crippen LogP contribution >= 0.6 is 0 Å². The Bertz CT molecular complexity index is 667. The van der Waals surface area contributed by atoms with E-state index < -0.39 is 0 Å². The molecule has 2 heteroatoms. The molecule has 0 aliphatic carbocycles. The Morgan fingerprint density at radius 1 is 1.09 bits per heavy atom. The minimum atomic E-state index is 0.673. The highest BCUT2D eigenvalue weighted by molar-refractivity contribution is 5.82. The fraction of sp³-hybridized carbons (Fsp3) is 0.200. The molecular weight excluding hydrogens is 272 g/mol. The zero-order chi connectivity index (χ0) is 15.9. The summed E-state index contributed by atoms with van der Waals surface area (Å²) in [5.74, 6) is 1.75. The number of hydrogen-bond acceptors (Lipinski definition) is 2. The second-order valence-electron chi connectivity index (χ2n) is 4.95. The van der Waals surface area contributed by atoms with Crippen LogP contribution in [0.1, 0.15) is 23.6 Å². The van der Waals surface area contributed by atoms with Gasteiger partial charge >= 0.3 is 0 Å².